The Morgan fingerprint density at radius 1 is 1.05 bits per heavy atom. The first-order chi connectivity index (χ1) is 9.82. The first-order valence-corrected chi connectivity index (χ1v) is 9.05. The van der Waals surface area contributed by atoms with E-state index in [1.807, 2.05) is 0 Å². The van der Waals surface area contributed by atoms with E-state index in [1.54, 1.807) is 0 Å². The van der Waals surface area contributed by atoms with E-state index in [0.717, 1.165) is 25.7 Å². The zero-order valence-corrected chi connectivity index (χ0v) is 14.5. The highest BCUT2D eigenvalue weighted by molar-refractivity contribution is 5.76. The fraction of sp³-hybridized carbons (Fsp3) is 0.947. The van der Waals surface area contributed by atoms with Crippen LogP contribution in [0.5, 0.6) is 0 Å². The van der Waals surface area contributed by atoms with Crippen LogP contribution in [0.1, 0.15) is 91.9 Å². The van der Waals surface area contributed by atoms with Crippen LogP contribution in [0.25, 0.3) is 0 Å². The van der Waals surface area contributed by atoms with E-state index in [2.05, 4.69) is 27.7 Å². The Kier molecular flexibility index (Phi) is 4.75. The molecule has 1 N–H and O–H groups in total. The highest BCUT2D eigenvalue weighted by Gasteiger charge is 2.64. The zero-order chi connectivity index (χ0) is 15.7. The number of hydrogen-bond acceptors (Lipinski definition) is 1. The van der Waals surface area contributed by atoms with Gasteiger partial charge in [0.25, 0.3) is 0 Å². The van der Waals surface area contributed by atoms with Crippen molar-refractivity contribution in [3.8, 4) is 0 Å². The lowest BCUT2D eigenvalue weighted by atomic mass is 9.40. The van der Waals surface area contributed by atoms with Gasteiger partial charge in [-0.3, -0.25) is 4.79 Å². The van der Waals surface area contributed by atoms with Crippen LogP contribution < -0.4 is 0 Å². The van der Waals surface area contributed by atoms with Gasteiger partial charge in [-0.05, 0) is 48.9 Å². The normalized spacial score (nSPS) is 35.6. The fourth-order valence-corrected chi connectivity index (χ4v) is 6.13. The molecule has 0 bridgehead atoms. The summed E-state index contributed by atoms with van der Waals surface area (Å²) in [6, 6.07) is 0. The summed E-state index contributed by atoms with van der Waals surface area (Å²) >= 11 is 0. The van der Waals surface area contributed by atoms with E-state index < -0.39 is 11.4 Å². The maximum atomic E-state index is 12.4. The van der Waals surface area contributed by atoms with Crippen LogP contribution in [0.15, 0.2) is 0 Å². The molecule has 0 radical (unpaired) electrons. The minimum absolute atomic E-state index is 0.0285. The van der Waals surface area contributed by atoms with Gasteiger partial charge in [-0.2, -0.15) is 0 Å². The summed E-state index contributed by atoms with van der Waals surface area (Å²) in [6.07, 6.45) is 11.5. The van der Waals surface area contributed by atoms with E-state index in [9.17, 15) is 9.90 Å². The van der Waals surface area contributed by atoms with E-state index >= 15 is 0 Å². The molecule has 2 heteroatoms. The molecule has 0 saturated heterocycles. The summed E-state index contributed by atoms with van der Waals surface area (Å²) in [4.78, 5) is 12.4. The molecule has 2 aliphatic rings. The van der Waals surface area contributed by atoms with Gasteiger partial charge in [-0.15, -0.1) is 0 Å². The van der Waals surface area contributed by atoms with Crippen molar-refractivity contribution in [1.29, 1.82) is 0 Å². The Morgan fingerprint density at radius 2 is 1.62 bits per heavy atom. The summed E-state index contributed by atoms with van der Waals surface area (Å²) in [5.41, 5.74) is -0.478. The minimum atomic E-state index is -0.523. The van der Waals surface area contributed by atoms with Gasteiger partial charge in [-0.25, -0.2) is 0 Å². The molecule has 0 aromatic carbocycles. The molecule has 0 heterocycles. The Balaban J connectivity index is 2.56. The lowest BCUT2D eigenvalue weighted by molar-refractivity contribution is -0.192. The van der Waals surface area contributed by atoms with Crippen molar-refractivity contribution >= 4 is 5.97 Å². The van der Waals surface area contributed by atoms with Crippen LogP contribution in [0.4, 0.5) is 0 Å². The molecule has 0 amide bonds. The molecule has 0 aromatic rings. The van der Waals surface area contributed by atoms with Gasteiger partial charge in [0, 0.05) is 0 Å². The second kappa shape index (κ2) is 5.93. The second-order valence-corrected chi connectivity index (χ2v) is 8.50. The molecule has 2 rings (SSSR count). The van der Waals surface area contributed by atoms with Crippen LogP contribution in [0, 0.1) is 22.2 Å². The van der Waals surface area contributed by atoms with Gasteiger partial charge >= 0.3 is 5.97 Å². The average molecular weight is 294 g/mol. The first-order valence-electron chi connectivity index (χ1n) is 9.05. The molecule has 122 valence electrons. The van der Waals surface area contributed by atoms with Crippen molar-refractivity contribution in [3.63, 3.8) is 0 Å². The third-order valence-electron chi connectivity index (χ3n) is 6.93. The smallest absolute Gasteiger partial charge is 0.310 e. The number of carboxylic acid groups (broad SMARTS) is 1. The Bertz CT molecular complexity index is 376. The monoisotopic (exact) mass is 294 g/mol. The van der Waals surface area contributed by atoms with Gasteiger partial charge in [0.15, 0.2) is 0 Å². The summed E-state index contributed by atoms with van der Waals surface area (Å²) in [5, 5.41) is 10.2. The Hall–Kier alpha value is -0.530. The second-order valence-electron chi connectivity index (χ2n) is 8.50. The average Bonchev–Trinajstić information content (AvgIpc) is 2.46. The third-order valence-corrected chi connectivity index (χ3v) is 6.93. The number of aliphatic carboxylic acids is 1. The summed E-state index contributed by atoms with van der Waals surface area (Å²) in [7, 11) is 0. The molecule has 2 saturated carbocycles. The lowest BCUT2D eigenvalue weighted by Gasteiger charge is -2.62. The lowest BCUT2D eigenvalue weighted by Crippen LogP contribution is -2.60. The van der Waals surface area contributed by atoms with Crippen molar-refractivity contribution < 1.29 is 9.90 Å². The predicted molar refractivity (Wildman–Crippen MR) is 87.3 cm³/mol. The van der Waals surface area contributed by atoms with Crippen LogP contribution in [0.2, 0.25) is 0 Å². The summed E-state index contributed by atoms with van der Waals surface area (Å²) in [5.74, 6) is 0.0767. The minimum Gasteiger partial charge on any atom is -0.481 e. The Morgan fingerprint density at radius 3 is 2.10 bits per heavy atom. The SMILES string of the molecule is CCC1(C(=O)O)CCCCC1(C1CCCCC1)C(C)(C)C. The van der Waals surface area contributed by atoms with E-state index in [1.165, 1.54) is 38.5 Å². The van der Waals surface area contributed by atoms with E-state index in [-0.39, 0.29) is 10.8 Å². The van der Waals surface area contributed by atoms with Crippen molar-refractivity contribution in [1.82, 2.24) is 0 Å². The van der Waals surface area contributed by atoms with Crippen LogP contribution in [-0.4, -0.2) is 11.1 Å². The summed E-state index contributed by atoms with van der Waals surface area (Å²) in [6.45, 7) is 9.03. The van der Waals surface area contributed by atoms with Gasteiger partial charge in [-0.1, -0.05) is 59.8 Å². The van der Waals surface area contributed by atoms with Gasteiger partial charge in [0.2, 0.25) is 0 Å². The van der Waals surface area contributed by atoms with E-state index in [0.29, 0.717) is 5.92 Å². The maximum Gasteiger partial charge on any atom is 0.310 e. The number of rotatable bonds is 3. The zero-order valence-electron chi connectivity index (χ0n) is 14.5. The quantitative estimate of drug-likeness (QED) is 0.729. The van der Waals surface area contributed by atoms with Crippen molar-refractivity contribution in [3.05, 3.63) is 0 Å². The molecule has 2 fully saturated rings. The first kappa shape index (κ1) is 16.8. The largest absolute Gasteiger partial charge is 0.481 e. The Labute approximate surface area is 130 Å². The topological polar surface area (TPSA) is 37.3 Å². The van der Waals surface area contributed by atoms with Crippen molar-refractivity contribution in [2.45, 2.75) is 91.9 Å². The highest BCUT2D eigenvalue weighted by atomic mass is 16.4. The molecule has 2 aliphatic carbocycles. The van der Waals surface area contributed by atoms with Crippen LogP contribution >= 0.6 is 0 Å². The van der Waals surface area contributed by atoms with Crippen LogP contribution in [0.3, 0.4) is 0 Å². The van der Waals surface area contributed by atoms with Crippen molar-refractivity contribution in [2.75, 3.05) is 0 Å². The van der Waals surface area contributed by atoms with Gasteiger partial charge in [0.05, 0.1) is 5.41 Å². The van der Waals surface area contributed by atoms with Gasteiger partial charge in [0.1, 0.15) is 0 Å². The molecule has 0 spiro atoms. The highest BCUT2D eigenvalue weighted by Crippen LogP contribution is 2.67. The van der Waals surface area contributed by atoms with Crippen LogP contribution in [-0.2, 0) is 4.79 Å². The fourth-order valence-electron chi connectivity index (χ4n) is 6.13. The number of carboxylic acids is 1. The molecule has 2 unspecified atom stereocenters. The number of carbonyl (C=O) groups is 1. The van der Waals surface area contributed by atoms with Crippen molar-refractivity contribution in [2.24, 2.45) is 22.2 Å². The van der Waals surface area contributed by atoms with Gasteiger partial charge < -0.3 is 5.11 Å². The standard InChI is InChI=1S/C19H34O2/c1-5-18(16(20)21)13-9-10-14-19(18,17(2,3)4)15-11-7-6-8-12-15/h15H,5-14H2,1-4H3,(H,20,21). The number of hydrogen-bond donors (Lipinski definition) is 1. The molecule has 0 aromatic heterocycles. The summed E-state index contributed by atoms with van der Waals surface area (Å²) < 4.78 is 0. The molecule has 0 aliphatic heterocycles. The third kappa shape index (κ3) is 2.43. The molecular weight excluding hydrogens is 260 g/mol. The molecular formula is C19H34O2. The molecule has 21 heavy (non-hydrogen) atoms. The molecule has 2 atom stereocenters. The van der Waals surface area contributed by atoms with E-state index in [4.69, 9.17) is 0 Å². The molecule has 2 nitrogen and oxygen atoms in total. The predicted octanol–water partition coefficient (Wildman–Crippen LogP) is 5.65. The maximum absolute atomic E-state index is 12.4.